The average Bonchev–Trinajstić information content (AvgIpc) is 2.27. The molecule has 0 spiro atoms. The van der Waals surface area contributed by atoms with Crippen molar-refractivity contribution < 1.29 is 14.7 Å². The molecule has 0 saturated heterocycles. The molecule has 104 valence electrons. The Hall–Kier alpha value is -2.11. The van der Waals surface area contributed by atoms with Crippen molar-refractivity contribution in [2.24, 2.45) is 0 Å². The summed E-state index contributed by atoms with van der Waals surface area (Å²) in [6.07, 6.45) is 0.150. The summed E-state index contributed by atoms with van der Waals surface area (Å²) in [5.41, 5.74) is 0.289. The Kier molecular flexibility index (Phi) is 4.86. The van der Waals surface area contributed by atoms with Crippen molar-refractivity contribution in [1.29, 1.82) is 0 Å². The summed E-state index contributed by atoms with van der Waals surface area (Å²) in [4.78, 5) is 34.5. The Morgan fingerprint density at radius 3 is 2.53 bits per heavy atom. The zero-order chi connectivity index (χ0) is 14.6. The first-order valence-corrected chi connectivity index (χ1v) is 6.09. The van der Waals surface area contributed by atoms with Gasteiger partial charge in [0.1, 0.15) is 5.56 Å². The molecule has 0 unspecified atom stereocenters. The fourth-order valence-corrected chi connectivity index (χ4v) is 1.96. The normalized spacial score (nSPS) is 10.3. The van der Waals surface area contributed by atoms with Crippen LogP contribution in [0, 0.1) is 13.8 Å². The van der Waals surface area contributed by atoms with Crippen molar-refractivity contribution in [3.63, 3.8) is 0 Å². The minimum absolute atomic E-state index is 0.150. The van der Waals surface area contributed by atoms with Crippen molar-refractivity contribution in [2.45, 2.75) is 33.7 Å². The molecule has 0 aromatic carbocycles. The molecular weight excluding hydrogens is 248 g/mol. The van der Waals surface area contributed by atoms with Crippen LogP contribution in [0.4, 0.5) is 0 Å². The van der Waals surface area contributed by atoms with Crippen LogP contribution in [0.1, 0.15) is 35.0 Å². The summed E-state index contributed by atoms with van der Waals surface area (Å²) in [7, 11) is 0. The van der Waals surface area contributed by atoms with Gasteiger partial charge in [-0.25, -0.2) is 4.79 Å². The van der Waals surface area contributed by atoms with Gasteiger partial charge in [0.15, 0.2) is 0 Å². The molecular formula is C13H18N2O4. The van der Waals surface area contributed by atoms with E-state index in [1.807, 2.05) is 6.92 Å². The van der Waals surface area contributed by atoms with E-state index in [-0.39, 0.29) is 24.4 Å². The Morgan fingerprint density at radius 2 is 2.00 bits per heavy atom. The number of nitrogens with zero attached hydrogens (tertiary/aromatic N) is 1. The molecule has 0 aliphatic heterocycles. The fraction of sp³-hybridized carbons (Fsp3) is 0.462. The summed E-state index contributed by atoms with van der Waals surface area (Å²) in [6.45, 7) is 5.82. The van der Waals surface area contributed by atoms with Crippen LogP contribution >= 0.6 is 0 Å². The smallest absolute Gasteiger partial charge is 0.341 e. The van der Waals surface area contributed by atoms with E-state index >= 15 is 0 Å². The third-order valence-corrected chi connectivity index (χ3v) is 2.85. The van der Waals surface area contributed by atoms with Gasteiger partial charge in [-0.15, -0.1) is 0 Å². The standard InChI is InChI=1S/C13H18N2O4/c1-4-14-10(16)5-6-15-9(3)7-8(2)11(12(15)17)13(18)19/h7H,4-6H2,1-3H3,(H,14,16)(H,18,19). The number of carboxylic acid groups (broad SMARTS) is 1. The van der Waals surface area contributed by atoms with Crippen molar-refractivity contribution in [1.82, 2.24) is 9.88 Å². The van der Waals surface area contributed by atoms with Gasteiger partial charge in [0.25, 0.3) is 5.56 Å². The van der Waals surface area contributed by atoms with Gasteiger partial charge in [-0.3, -0.25) is 9.59 Å². The van der Waals surface area contributed by atoms with Gasteiger partial charge in [0.2, 0.25) is 5.91 Å². The number of hydrogen-bond acceptors (Lipinski definition) is 3. The van der Waals surface area contributed by atoms with Gasteiger partial charge in [0, 0.05) is 25.2 Å². The van der Waals surface area contributed by atoms with E-state index in [0.717, 1.165) is 0 Å². The van der Waals surface area contributed by atoms with E-state index in [4.69, 9.17) is 5.11 Å². The predicted octanol–water partition coefficient (Wildman–Crippen LogP) is 0.690. The Labute approximate surface area is 111 Å². The monoisotopic (exact) mass is 266 g/mol. The molecule has 0 aliphatic carbocycles. The first-order chi connectivity index (χ1) is 8.88. The first-order valence-electron chi connectivity index (χ1n) is 6.09. The molecule has 1 heterocycles. The highest BCUT2D eigenvalue weighted by molar-refractivity contribution is 5.88. The lowest BCUT2D eigenvalue weighted by Gasteiger charge is -2.12. The number of carboxylic acids is 1. The number of aryl methyl sites for hydroxylation is 2. The summed E-state index contributed by atoms with van der Waals surface area (Å²) in [6, 6.07) is 1.64. The molecule has 6 heteroatoms. The van der Waals surface area contributed by atoms with E-state index in [1.165, 1.54) is 4.57 Å². The number of nitrogens with one attached hydrogen (secondary N) is 1. The molecule has 1 aromatic heterocycles. The molecule has 6 nitrogen and oxygen atoms in total. The van der Waals surface area contributed by atoms with Gasteiger partial charge in [-0.1, -0.05) is 0 Å². The maximum Gasteiger partial charge on any atom is 0.341 e. The maximum absolute atomic E-state index is 12.1. The van der Waals surface area contributed by atoms with Gasteiger partial charge >= 0.3 is 5.97 Å². The molecule has 0 bridgehead atoms. The van der Waals surface area contributed by atoms with Crippen LogP contribution < -0.4 is 10.9 Å². The summed E-state index contributed by atoms with van der Waals surface area (Å²) in [5.74, 6) is -1.40. The van der Waals surface area contributed by atoms with Crippen molar-refractivity contribution in [3.05, 3.63) is 33.2 Å². The second-order valence-corrected chi connectivity index (χ2v) is 4.31. The van der Waals surface area contributed by atoms with Crippen molar-refractivity contribution in [2.75, 3.05) is 6.54 Å². The molecule has 1 amide bonds. The molecule has 0 radical (unpaired) electrons. The molecule has 0 aliphatic rings. The van der Waals surface area contributed by atoms with Gasteiger partial charge in [-0.05, 0) is 32.4 Å². The quantitative estimate of drug-likeness (QED) is 0.820. The van der Waals surface area contributed by atoms with E-state index in [1.54, 1.807) is 19.9 Å². The number of carbonyl (C=O) groups excluding carboxylic acids is 1. The van der Waals surface area contributed by atoms with Gasteiger partial charge in [-0.2, -0.15) is 0 Å². The molecule has 0 fully saturated rings. The maximum atomic E-state index is 12.1. The molecule has 2 N–H and O–H groups in total. The predicted molar refractivity (Wildman–Crippen MR) is 70.4 cm³/mol. The first kappa shape index (κ1) is 14.9. The van der Waals surface area contributed by atoms with Crippen molar-refractivity contribution in [3.8, 4) is 0 Å². The number of carbonyl (C=O) groups is 2. The van der Waals surface area contributed by atoms with E-state index in [2.05, 4.69) is 5.32 Å². The van der Waals surface area contributed by atoms with Crippen LogP contribution in [-0.2, 0) is 11.3 Å². The molecule has 1 aromatic rings. The van der Waals surface area contributed by atoms with Crippen LogP contribution in [0.3, 0.4) is 0 Å². The third kappa shape index (κ3) is 3.43. The van der Waals surface area contributed by atoms with Gasteiger partial charge in [0.05, 0.1) is 0 Å². The largest absolute Gasteiger partial charge is 0.477 e. The molecule has 19 heavy (non-hydrogen) atoms. The molecule has 0 atom stereocenters. The molecule has 1 rings (SSSR count). The number of aromatic nitrogens is 1. The molecule has 0 saturated carbocycles. The van der Waals surface area contributed by atoms with Crippen LogP contribution in [0.25, 0.3) is 0 Å². The lowest BCUT2D eigenvalue weighted by atomic mass is 10.1. The van der Waals surface area contributed by atoms with Crippen molar-refractivity contribution >= 4 is 11.9 Å². The Balaban J connectivity index is 3.08. The topological polar surface area (TPSA) is 88.4 Å². The zero-order valence-corrected chi connectivity index (χ0v) is 11.3. The minimum Gasteiger partial charge on any atom is -0.477 e. The van der Waals surface area contributed by atoms with E-state index < -0.39 is 11.5 Å². The highest BCUT2D eigenvalue weighted by atomic mass is 16.4. The zero-order valence-electron chi connectivity index (χ0n) is 11.3. The number of pyridine rings is 1. The third-order valence-electron chi connectivity index (χ3n) is 2.85. The van der Waals surface area contributed by atoms with Crippen LogP contribution in [0.15, 0.2) is 10.9 Å². The highest BCUT2D eigenvalue weighted by Crippen LogP contribution is 2.07. The fourth-order valence-electron chi connectivity index (χ4n) is 1.96. The lowest BCUT2D eigenvalue weighted by Crippen LogP contribution is -2.31. The number of hydrogen-bond donors (Lipinski definition) is 2. The van der Waals surface area contributed by atoms with Gasteiger partial charge < -0.3 is 15.0 Å². The summed E-state index contributed by atoms with van der Waals surface area (Å²) in [5, 5.41) is 11.7. The Morgan fingerprint density at radius 1 is 1.37 bits per heavy atom. The second-order valence-electron chi connectivity index (χ2n) is 4.31. The number of aromatic carboxylic acids is 1. The minimum atomic E-state index is -1.24. The number of amides is 1. The second kappa shape index (κ2) is 6.17. The summed E-state index contributed by atoms with van der Waals surface area (Å²) < 4.78 is 1.33. The number of rotatable bonds is 5. The SMILES string of the molecule is CCNC(=O)CCn1c(C)cc(C)c(C(=O)O)c1=O. The average molecular weight is 266 g/mol. The lowest BCUT2D eigenvalue weighted by molar-refractivity contribution is -0.121. The van der Waals surface area contributed by atoms with Crippen LogP contribution in [0.2, 0.25) is 0 Å². The van der Waals surface area contributed by atoms with Crippen LogP contribution in [0.5, 0.6) is 0 Å². The van der Waals surface area contributed by atoms with Crippen LogP contribution in [-0.4, -0.2) is 28.1 Å². The Bertz CT molecular complexity index is 560. The van der Waals surface area contributed by atoms with E-state index in [0.29, 0.717) is 17.8 Å². The van der Waals surface area contributed by atoms with E-state index in [9.17, 15) is 14.4 Å². The highest BCUT2D eigenvalue weighted by Gasteiger charge is 2.16. The summed E-state index contributed by atoms with van der Waals surface area (Å²) >= 11 is 0.